The molecule has 1 aliphatic rings. The topological polar surface area (TPSA) is 51.0 Å². The fourth-order valence-electron chi connectivity index (χ4n) is 2.32. The first-order chi connectivity index (χ1) is 9.15. The van der Waals surface area contributed by atoms with E-state index in [0.29, 0.717) is 23.8 Å². The van der Waals surface area contributed by atoms with E-state index in [1.54, 1.807) is 35.1 Å². The van der Waals surface area contributed by atoms with Gasteiger partial charge >= 0.3 is 0 Å². The summed E-state index contributed by atoms with van der Waals surface area (Å²) in [6, 6.07) is 3.61. The number of carbonyl (C=O) groups is 1. The lowest BCUT2D eigenvalue weighted by molar-refractivity contribution is 0.0722. The van der Waals surface area contributed by atoms with E-state index in [9.17, 15) is 4.79 Å². The van der Waals surface area contributed by atoms with Gasteiger partial charge in [0.2, 0.25) is 0 Å². The number of nitrogens with zero attached hydrogens (tertiary/aromatic N) is 4. The second-order valence-electron chi connectivity index (χ2n) is 4.58. The molecule has 3 rings (SSSR count). The van der Waals surface area contributed by atoms with Gasteiger partial charge in [0, 0.05) is 44.6 Å². The number of halogens is 1. The quantitative estimate of drug-likeness (QED) is 0.796. The largest absolute Gasteiger partial charge is 0.333 e. The number of carbonyl (C=O) groups excluding carboxylic acids is 1. The van der Waals surface area contributed by atoms with Crippen LogP contribution in [0.3, 0.4) is 0 Å². The van der Waals surface area contributed by atoms with Gasteiger partial charge in [0.25, 0.3) is 5.91 Å². The summed E-state index contributed by atoms with van der Waals surface area (Å²) >= 11 is 5.95. The minimum absolute atomic E-state index is 0.00868. The van der Waals surface area contributed by atoms with Gasteiger partial charge in [-0.05, 0) is 17.7 Å². The highest BCUT2D eigenvalue weighted by atomic mass is 35.5. The molecule has 98 valence electrons. The number of amides is 1. The summed E-state index contributed by atoms with van der Waals surface area (Å²) in [6.45, 7) is 1.22. The second kappa shape index (κ2) is 4.66. The molecular formula is C13H13ClN4O. The molecule has 0 saturated heterocycles. The second-order valence-corrected chi connectivity index (χ2v) is 5.01. The van der Waals surface area contributed by atoms with Crippen LogP contribution in [0, 0.1) is 0 Å². The maximum atomic E-state index is 12.4. The smallest absolute Gasteiger partial charge is 0.272 e. The minimum Gasteiger partial charge on any atom is -0.333 e. The van der Waals surface area contributed by atoms with Crippen molar-refractivity contribution in [1.82, 2.24) is 19.7 Å². The van der Waals surface area contributed by atoms with Crippen molar-refractivity contribution in [2.45, 2.75) is 13.0 Å². The lowest BCUT2D eigenvalue weighted by atomic mass is 10.1. The van der Waals surface area contributed by atoms with Crippen LogP contribution >= 0.6 is 11.6 Å². The van der Waals surface area contributed by atoms with E-state index in [0.717, 1.165) is 17.7 Å². The number of rotatable bonds is 1. The maximum absolute atomic E-state index is 12.4. The van der Waals surface area contributed by atoms with Crippen LogP contribution in [0.1, 0.15) is 21.7 Å². The van der Waals surface area contributed by atoms with E-state index in [1.165, 1.54) is 0 Å². The molecule has 0 aromatic carbocycles. The summed E-state index contributed by atoms with van der Waals surface area (Å²) < 4.78 is 1.59. The van der Waals surface area contributed by atoms with Gasteiger partial charge in [-0.25, -0.2) is 0 Å². The highest BCUT2D eigenvalue weighted by molar-refractivity contribution is 6.30. The van der Waals surface area contributed by atoms with E-state index in [2.05, 4.69) is 10.1 Å². The van der Waals surface area contributed by atoms with Crippen LogP contribution in [0.5, 0.6) is 0 Å². The van der Waals surface area contributed by atoms with Gasteiger partial charge in [0.05, 0.1) is 5.02 Å². The van der Waals surface area contributed by atoms with E-state index < -0.39 is 0 Å². The Morgan fingerprint density at radius 1 is 1.47 bits per heavy atom. The molecule has 0 aliphatic carbocycles. The molecule has 2 aromatic rings. The molecule has 19 heavy (non-hydrogen) atoms. The summed E-state index contributed by atoms with van der Waals surface area (Å²) in [7, 11) is 1.77. The first-order valence-electron chi connectivity index (χ1n) is 6.06. The van der Waals surface area contributed by atoms with Crippen molar-refractivity contribution in [3.05, 3.63) is 46.5 Å². The van der Waals surface area contributed by atoms with Crippen molar-refractivity contribution in [2.24, 2.45) is 7.05 Å². The van der Waals surface area contributed by atoms with Crippen LogP contribution in [0.25, 0.3) is 0 Å². The van der Waals surface area contributed by atoms with Crippen LogP contribution in [-0.2, 0) is 20.0 Å². The monoisotopic (exact) mass is 276 g/mol. The summed E-state index contributed by atoms with van der Waals surface area (Å²) in [5, 5.41) is 4.63. The molecule has 0 spiro atoms. The SMILES string of the molecule is Cn1nccc1C(=O)N1CCc2ncc(Cl)cc2C1. The van der Waals surface area contributed by atoms with Gasteiger partial charge in [-0.1, -0.05) is 11.6 Å². The van der Waals surface area contributed by atoms with Gasteiger partial charge < -0.3 is 4.90 Å². The molecule has 2 aromatic heterocycles. The minimum atomic E-state index is -0.00868. The number of hydrogen-bond acceptors (Lipinski definition) is 3. The Bertz CT molecular complexity index is 637. The standard InChI is InChI=1S/C13H13ClN4O/c1-17-12(2-4-16-17)13(19)18-5-3-11-9(8-18)6-10(14)7-15-11/h2,4,6-7H,3,5,8H2,1H3. The van der Waals surface area contributed by atoms with Crippen LogP contribution < -0.4 is 0 Å². The van der Waals surface area contributed by atoms with Gasteiger partial charge in [0.15, 0.2) is 0 Å². The van der Waals surface area contributed by atoms with Crippen molar-refractivity contribution < 1.29 is 4.79 Å². The summed E-state index contributed by atoms with van der Waals surface area (Å²) in [5.41, 5.74) is 2.64. The molecule has 6 heteroatoms. The highest BCUT2D eigenvalue weighted by Crippen LogP contribution is 2.21. The summed E-state index contributed by atoms with van der Waals surface area (Å²) in [4.78, 5) is 18.5. The first kappa shape index (κ1) is 12.2. The van der Waals surface area contributed by atoms with Crippen molar-refractivity contribution in [2.75, 3.05) is 6.54 Å². The zero-order valence-electron chi connectivity index (χ0n) is 10.5. The predicted molar refractivity (Wildman–Crippen MR) is 70.9 cm³/mol. The zero-order valence-corrected chi connectivity index (χ0v) is 11.3. The fourth-order valence-corrected chi connectivity index (χ4v) is 2.50. The molecule has 0 atom stereocenters. The normalized spacial score (nSPS) is 14.3. The lowest BCUT2D eigenvalue weighted by Crippen LogP contribution is -2.37. The van der Waals surface area contributed by atoms with Crippen LogP contribution in [-0.4, -0.2) is 32.1 Å². The zero-order chi connectivity index (χ0) is 13.4. The van der Waals surface area contributed by atoms with Crippen molar-refractivity contribution in [3.8, 4) is 0 Å². The molecule has 0 radical (unpaired) electrons. The first-order valence-corrected chi connectivity index (χ1v) is 6.43. The van der Waals surface area contributed by atoms with Crippen molar-refractivity contribution >= 4 is 17.5 Å². The average Bonchev–Trinajstić information content (AvgIpc) is 2.83. The Hall–Kier alpha value is -1.88. The fraction of sp³-hybridized carbons (Fsp3) is 0.308. The molecule has 1 aliphatic heterocycles. The Balaban J connectivity index is 1.86. The number of aromatic nitrogens is 3. The van der Waals surface area contributed by atoms with Gasteiger partial charge in [-0.2, -0.15) is 5.10 Å². The average molecular weight is 277 g/mol. The van der Waals surface area contributed by atoms with Crippen molar-refractivity contribution in [3.63, 3.8) is 0 Å². The molecular weight excluding hydrogens is 264 g/mol. The number of pyridine rings is 1. The molecule has 0 unspecified atom stereocenters. The van der Waals surface area contributed by atoms with Crippen LogP contribution in [0.15, 0.2) is 24.5 Å². The Morgan fingerprint density at radius 2 is 2.32 bits per heavy atom. The van der Waals surface area contributed by atoms with E-state index in [4.69, 9.17) is 11.6 Å². The highest BCUT2D eigenvalue weighted by Gasteiger charge is 2.24. The number of hydrogen-bond donors (Lipinski definition) is 0. The van der Waals surface area contributed by atoms with E-state index in [-0.39, 0.29) is 5.91 Å². The molecule has 5 nitrogen and oxygen atoms in total. The Kier molecular flexibility index (Phi) is 2.98. The van der Waals surface area contributed by atoms with Crippen LogP contribution in [0.2, 0.25) is 5.02 Å². The number of fused-ring (bicyclic) bond motifs is 1. The molecule has 0 bridgehead atoms. The third-order valence-corrected chi connectivity index (χ3v) is 3.54. The predicted octanol–water partition coefficient (Wildman–Crippen LogP) is 1.67. The molecule has 0 saturated carbocycles. The Morgan fingerprint density at radius 3 is 3.05 bits per heavy atom. The molecule has 1 amide bonds. The summed E-state index contributed by atoms with van der Waals surface area (Å²) in [5.74, 6) is -0.00868. The number of aryl methyl sites for hydroxylation is 1. The third-order valence-electron chi connectivity index (χ3n) is 3.33. The van der Waals surface area contributed by atoms with E-state index >= 15 is 0 Å². The van der Waals surface area contributed by atoms with Gasteiger partial charge in [0.1, 0.15) is 5.69 Å². The third kappa shape index (κ3) is 2.21. The molecule has 0 N–H and O–H groups in total. The van der Waals surface area contributed by atoms with Gasteiger partial charge in [-0.15, -0.1) is 0 Å². The van der Waals surface area contributed by atoms with Gasteiger partial charge in [-0.3, -0.25) is 14.5 Å². The van der Waals surface area contributed by atoms with E-state index in [1.807, 2.05) is 6.07 Å². The van der Waals surface area contributed by atoms with Crippen LogP contribution in [0.4, 0.5) is 0 Å². The Labute approximate surface area is 115 Å². The lowest BCUT2D eigenvalue weighted by Gasteiger charge is -2.28. The molecule has 0 fully saturated rings. The maximum Gasteiger partial charge on any atom is 0.272 e. The molecule has 3 heterocycles. The summed E-state index contributed by atoms with van der Waals surface area (Å²) in [6.07, 6.45) is 4.04. The van der Waals surface area contributed by atoms with Crippen molar-refractivity contribution in [1.29, 1.82) is 0 Å².